The van der Waals surface area contributed by atoms with Crippen LogP contribution in [-0.4, -0.2) is 52.7 Å². The molecule has 152 valence electrons. The van der Waals surface area contributed by atoms with Crippen LogP contribution in [0.5, 0.6) is 0 Å². The number of nitrogens with one attached hydrogen (secondary N) is 1. The molecule has 3 heterocycles. The first-order valence-electron chi connectivity index (χ1n) is 10.1. The number of aryl methyl sites for hydroxylation is 1. The molecule has 1 N–H and O–H groups in total. The number of methoxy groups -OCH3 is 1. The van der Waals surface area contributed by atoms with E-state index in [0.717, 1.165) is 30.4 Å². The van der Waals surface area contributed by atoms with Gasteiger partial charge in [0.05, 0.1) is 4.47 Å². The lowest BCUT2D eigenvalue weighted by Gasteiger charge is -2.53. The van der Waals surface area contributed by atoms with Crippen LogP contribution in [0.1, 0.15) is 17.5 Å². The van der Waals surface area contributed by atoms with E-state index in [0.29, 0.717) is 17.9 Å². The Hall–Kier alpha value is -1.96. The van der Waals surface area contributed by atoms with Crippen LogP contribution in [0.15, 0.2) is 41.3 Å². The second kappa shape index (κ2) is 7.07. The Morgan fingerprint density at radius 1 is 1.28 bits per heavy atom. The van der Waals surface area contributed by atoms with E-state index >= 15 is 0 Å². The normalized spacial score (nSPS) is 26.5. The fourth-order valence-corrected chi connectivity index (χ4v) is 5.70. The predicted octanol–water partition coefficient (Wildman–Crippen LogP) is 3.56. The molecular formula is C22H26BrN5O. The molecule has 2 aromatic heterocycles. The summed E-state index contributed by atoms with van der Waals surface area (Å²) in [7, 11) is 6.24. The maximum absolute atomic E-state index is 6.39. The Morgan fingerprint density at radius 3 is 2.83 bits per heavy atom. The van der Waals surface area contributed by atoms with Gasteiger partial charge >= 0.3 is 0 Å². The summed E-state index contributed by atoms with van der Waals surface area (Å²) < 4.78 is 9.52. The van der Waals surface area contributed by atoms with Crippen molar-refractivity contribution in [3.63, 3.8) is 0 Å². The Labute approximate surface area is 179 Å². The summed E-state index contributed by atoms with van der Waals surface area (Å²) >= 11 is 3.39. The van der Waals surface area contributed by atoms with Crippen molar-refractivity contribution < 1.29 is 4.74 Å². The Bertz CT molecular complexity index is 1050. The number of fused-ring (bicyclic) bond motifs is 2. The van der Waals surface area contributed by atoms with Crippen molar-refractivity contribution in [3.05, 3.63) is 52.4 Å². The van der Waals surface area contributed by atoms with Crippen LogP contribution in [0.3, 0.4) is 0 Å². The lowest BCUT2D eigenvalue weighted by atomic mass is 9.68. The highest BCUT2D eigenvalue weighted by Crippen LogP contribution is 2.49. The molecule has 0 unspecified atom stereocenters. The maximum atomic E-state index is 6.39. The van der Waals surface area contributed by atoms with Gasteiger partial charge in [0, 0.05) is 62.8 Å². The van der Waals surface area contributed by atoms with Gasteiger partial charge in [0.25, 0.3) is 0 Å². The highest BCUT2D eigenvalue weighted by atomic mass is 79.9. The van der Waals surface area contributed by atoms with Gasteiger partial charge in [-0.1, -0.05) is 12.1 Å². The average molecular weight is 456 g/mol. The summed E-state index contributed by atoms with van der Waals surface area (Å²) in [6.45, 7) is 1.85. The summed E-state index contributed by atoms with van der Waals surface area (Å²) in [6, 6.07) is 6.99. The van der Waals surface area contributed by atoms with Crippen LogP contribution in [0.2, 0.25) is 0 Å². The number of ether oxygens (including phenoxy) is 1. The number of halogens is 1. The number of aromatic nitrogens is 3. The van der Waals surface area contributed by atoms with Gasteiger partial charge in [-0.2, -0.15) is 0 Å². The molecule has 0 amide bonds. The monoisotopic (exact) mass is 455 g/mol. The van der Waals surface area contributed by atoms with Gasteiger partial charge in [0.2, 0.25) is 5.95 Å². The molecule has 3 aromatic rings. The van der Waals surface area contributed by atoms with Crippen molar-refractivity contribution >= 4 is 32.8 Å². The van der Waals surface area contributed by atoms with E-state index in [4.69, 9.17) is 4.74 Å². The van der Waals surface area contributed by atoms with Gasteiger partial charge in [-0.25, -0.2) is 9.97 Å². The number of benzene rings is 1. The minimum Gasteiger partial charge on any atom is -0.372 e. The molecule has 29 heavy (non-hydrogen) atoms. The Morgan fingerprint density at radius 2 is 2.07 bits per heavy atom. The van der Waals surface area contributed by atoms with Crippen LogP contribution in [0.25, 0.3) is 10.9 Å². The molecule has 1 aliphatic carbocycles. The molecule has 1 fully saturated rings. The first kappa shape index (κ1) is 19.0. The van der Waals surface area contributed by atoms with Gasteiger partial charge in [-0.05, 0) is 58.9 Å². The molecule has 1 aliphatic heterocycles. The second-order valence-electron chi connectivity index (χ2n) is 8.39. The first-order chi connectivity index (χ1) is 14.0. The van der Waals surface area contributed by atoms with Crippen molar-refractivity contribution in [2.24, 2.45) is 13.0 Å². The summed E-state index contributed by atoms with van der Waals surface area (Å²) in [4.78, 5) is 11.2. The minimum atomic E-state index is -0.298. The SMILES string of the molecule is CO[C@]12C[C@@H](CNc3ncc(Br)cn3)CN(C)[C@@H]1Cc1cn(C)c3cccc2c13. The summed E-state index contributed by atoms with van der Waals surface area (Å²) in [5.74, 6) is 1.10. The number of piperidine rings is 1. The van der Waals surface area contributed by atoms with E-state index < -0.39 is 0 Å². The van der Waals surface area contributed by atoms with Crippen molar-refractivity contribution in [2.45, 2.75) is 24.5 Å². The summed E-state index contributed by atoms with van der Waals surface area (Å²) in [5.41, 5.74) is 3.76. The van der Waals surface area contributed by atoms with Gasteiger partial charge in [0.15, 0.2) is 0 Å². The smallest absolute Gasteiger partial charge is 0.222 e. The molecule has 2 aliphatic rings. The molecule has 5 rings (SSSR count). The fourth-order valence-electron chi connectivity index (χ4n) is 5.49. The molecule has 1 aromatic carbocycles. The number of nitrogens with zero attached hydrogens (tertiary/aromatic N) is 4. The van der Waals surface area contributed by atoms with E-state index in [2.05, 4.69) is 79.2 Å². The first-order valence-corrected chi connectivity index (χ1v) is 10.9. The number of hydrogen-bond acceptors (Lipinski definition) is 5. The van der Waals surface area contributed by atoms with Crippen molar-refractivity contribution in [1.29, 1.82) is 0 Å². The quantitative estimate of drug-likeness (QED) is 0.651. The van der Waals surface area contributed by atoms with Crippen LogP contribution >= 0.6 is 15.9 Å². The summed E-state index contributed by atoms with van der Waals surface area (Å²) in [5, 5.41) is 4.80. The van der Waals surface area contributed by atoms with E-state index in [9.17, 15) is 0 Å². The third-order valence-electron chi connectivity index (χ3n) is 6.70. The summed E-state index contributed by atoms with van der Waals surface area (Å²) in [6.07, 6.45) is 7.84. The fraction of sp³-hybridized carbons (Fsp3) is 0.455. The molecule has 1 saturated heterocycles. The van der Waals surface area contributed by atoms with Gasteiger partial charge in [-0.3, -0.25) is 4.90 Å². The number of rotatable bonds is 4. The molecule has 3 atom stereocenters. The van der Waals surface area contributed by atoms with E-state index in [1.807, 2.05) is 7.11 Å². The zero-order chi connectivity index (χ0) is 20.2. The van der Waals surface area contributed by atoms with Crippen LogP contribution < -0.4 is 5.32 Å². The molecule has 0 bridgehead atoms. The third-order valence-corrected chi connectivity index (χ3v) is 7.11. The van der Waals surface area contributed by atoms with Crippen molar-refractivity contribution in [1.82, 2.24) is 19.4 Å². The van der Waals surface area contributed by atoms with E-state index in [1.165, 1.54) is 22.0 Å². The third kappa shape index (κ3) is 2.98. The lowest BCUT2D eigenvalue weighted by Crippen LogP contribution is -2.60. The van der Waals surface area contributed by atoms with E-state index in [1.54, 1.807) is 12.4 Å². The zero-order valence-corrected chi connectivity index (χ0v) is 18.6. The van der Waals surface area contributed by atoms with Gasteiger partial charge in [0.1, 0.15) is 5.60 Å². The van der Waals surface area contributed by atoms with E-state index in [-0.39, 0.29) is 5.60 Å². The van der Waals surface area contributed by atoms with Crippen LogP contribution in [-0.2, 0) is 23.8 Å². The van der Waals surface area contributed by atoms with Gasteiger partial charge < -0.3 is 14.6 Å². The standard InChI is InChI=1S/C22H26BrN5O/c1-27-13-15-7-19-22(29-3,17-5-4-6-18(27)20(15)17)8-14(12-28(19)2)9-24-21-25-10-16(23)11-26-21/h4-6,10-11,13-14,19H,7-9,12H2,1-3H3,(H,24,25,26)/t14-,19+,22-/m0/s1. The number of likely N-dealkylation sites (N-methyl/N-ethyl adjacent to an activating group) is 1. The highest BCUT2D eigenvalue weighted by Gasteiger charge is 2.51. The highest BCUT2D eigenvalue weighted by molar-refractivity contribution is 9.10. The Kier molecular flexibility index (Phi) is 4.64. The van der Waals surface area contributed by atoms with Crippen molar-refractivity contribution in [2.75, 3.05) is 32.6 Å². The number of likely N-dealkylation sites (tertiary alicyclic amines) is 1. The second-order valence-corrected chi connectivity index (χ2v) is 9.31. The largest absolute Gasteiger partial charge is 0.372 e. The number of anilines is 1. The van der Waals surface area contributed by atoms with Gasteiger partial charge in [-0.15, -0.1) is 0 Å². The topological polar surface area (TPSA) is 55.2 Å². The Balaban J connectivity index is 1.48. The van der Waals surface area contributed by atoms with Crippen molar-refractivity contribution in [3.8, 4) is 0 Å². The zero-order valence-electron chi connectivity index (χ0n) is 17.0. The minimum absolute atomic E-state index is 0.298. The molecule has 0 radical (unpaired) electrons. The maximum Gasteiger partial charge on any atom is 0.222 e. The molecule has 0 spiro atoms. The lowest BCUT2D eigenvalue weighted by molar-refractivity contribution is -0.123. The molecule has 7 heteroatoms. The van der Waals surface area contributed by atoms with Crippen LogP contribution in [0.4, 0.5) is 5.95 Å². The van der Waals surface area contributed by atoms with Crippen LogP contribution in [0, 0.1) is 5.92 Å². The number of hydrogen-bond donors (Lipinski definition) is 1. The predicted molar refractivity (Wildman–Crippen MR) is 118 cm³/mol. The molecule has 0 saturated carbocycles. The average Bonchev–Trinajstić information content (AvgIpc) is 3.05. The molecule has 6 nitrogen and oxygen atoms in total. The molecular weight excluding hydrogens is 430 g/mol.